The summed E-state index contributed by atoms with van der Waals surface area (Å²) in [7, 11) is 0. The monoisotopic (exact) mass is 310 g/mol. The van der Waals surface area contributed by atoms with Gasteiger partial charge in [-0.3, -0.25) is 0 Å². The fourth-order valence-electron chi connectivity index (χ4n) is 1.66. The summed E-state index contributed by atoms with van der Waals surface area (Å²) >= 11 is 1.38. The van der Waals surface area contributed by atoms with Crippen LogP contribution in [0.4, 0.5) is 26.1 Å². The van der Waals surface area contributed by atoms with E-state index in [1.54, 1.807) is 6.07 Å². The van der Waals surface area contributed by atoms with Crippen LogP contribution in [0.5, 0.6) is 0 Å². The summed E-state index contributed by atoms with van der Waals surface area (Å²) in [6.07, 6.45) is 2.81. The Bertz CT molecular complexity index is 622. The third-order valence-corrected chi connectivity index (χ3v) is 3.21. The molecule has 21 heavy (non-hydrogen) atoms. The summed E-state index contributed by atoms with van der Waals surface area (Å²) in [6, 6.07) is 5.63. The molecular formula is C14H16F2N4S. The Kier molecular flexibility index (Phi) is 5.32. The van der Waals surface area contributed by atoms with Crippen molar-refractivity contribution < 1.29 is 8.78 Å². The fraction of sp³-hybridized carbons (Fsp3) is 0.286. The first-order chi connectivity index (χ1) is 10.1. The minimum Gasteiger partial charge on any atom is -0.370 e. The molecule has 0 saturated heterocycles. The Morgan fingerprint density at radius 1 is 1.19 bits per heavy atom. The second-order valence-electron chi connectivity index (χ2n) is 4.28. The number of anilines is 3. The molecule has 0 aliphatic heterocycles. The van der Waals surface area contributed by atoms with Crippen molar-refractivity contribution in [2.45, 2.75) is 18.5 Å². The van der Waals surface area contributed by atoms with E-state index in [2.05, 4.69) is 20.6 Å². The molecule has 4 nitrogen and oxygen atoms in total. The highest BCUT2D eigenvalue weighted by molar-refractivity contribution is 7.98. The number of nitrogens with zero attached hydrogens (tertiary/aromatic N) is 2. The van der Waals surface area contributed by atoms with Crippen LogP contribution in [0.15, 0.2) is 29.4 Å². The molecule has 112 valence electrons. The van der Waals surface area contributed by atoms with Gasteiger partial charge in [-0.2, -0.15) is 0 Å². The number of hydrogen-bond acceptors (Lipinski definition) is 5. The van der Waals surface area contributed by atoms with Crippen molar-refractivity contribution in [3.63, 3.8) is 0 Å². The van der Waals surface area contributed by atoms with Crippen LogP contribution >= 0.6 is 11.8 Å². The van der Waals surface area contributed by atoms with Crippen LogP contribution < -0.4 is 10.6 Å². The molecule has 0 fully saturated rings. The van der Waals surface area contributed by atoms with E-state index < -0.39 is 11.6 Å². The number of thioether (sulfide) groups is 1. The van der Waals surface area contributed by atoms with Gasteiger partial charge in [0.2, 0.25) is 0 Å². The van der Waals surface area contributed by atoms with Crippen molar-refractivity contribution in [2.24, 2.45) is 0 Å². The average Bonchev–Trinajstić information content (AvgIpc) is 2.49. The molecule has 7 heteroatoms. The number of halogens is 2. The molecule has 1 aromatic heterocycles. The van der Waals surface area contributed by atoms with E-state index >= 15 is 0 Å². The van der Waals surface area contributed by atoms with Gasteiger partial charge in [-0.05, 0) is 24.8 Å². The Morgan fingerprint density at radius 2 is 1.95 bits per heavy atom. The largest absolute Gasteiger partial charge is 0.370 e. The predicted molar refractivity (Wildman–Crippen MR) is 82.2 cm³/mol. The van der Waals surface area contributed by atoms with Crippen LogP contribution in [-0.4, -0.2) is 22.8 Å². The van der Waals surface area contributed by atoms with Crippen molar-refractivity contribution in [3.8, 4) is 0 Å². The van der Waals surface area contributed by atoms with Crippen molar-refractivity contribution in [1.82, 2.24) is 9.97 Å². The standard InChI is InChI=1S/C14H16F2N4S/c1-3-7-17-11-8-12(20-14(19-11)21-2)18-10-6-4-5-9(15)13(10)16/h4-6,8H,3,7H2,1-2H3,(H2,17,18,19,20). The second kappa shape index (κ2) is 7.21. The molecule has 0 amide bonds. The molecule has 2 N–H and O–H groups in total. The summed E-state index contributed by atoms with van der Waals surface area (Å²) in [5.41, 5.74) is 0.0437. The third kappa shape index (κ3) is 4.04. The highest BCUT2D eigenvalue weighted by atomic mass is 32.2. The molecule has 0 unspecified atom stereocenters. The smallest absolute Gasteiger partial charge is 0.191 e. The van der Waals surface area contributed by atoms with Crippen LogP contribution in [0.2, 0.25) is 0 Å². The number of hydrogen-bond donors (Lipinski definition) is 2. The lowest BCUT2D eigenvalue weighted by Crippen LogP contribution is -2.05. The fourth-order valence-corrected chi connectivity index (χ4v) is 2.04. The van der Waals surface area contributed by atoms with E-state index in [0.717, 1.165) is 19.0 Å². The van der Waals surface area contributed by atoms with Crippen molar-refractivity contribution in [1.29, 1.82) is 0 Å². The summed E-state index contributed by atoms with van der Waals surface area (Å²) in [5.74, 6) is -0.763. The zero-order chi connectivity index (χ0) is 15.2. The molecule has 0 bridgehead atoms. The van der Waals surface area contributed by atoms with E-state index in [1.165, 1.54) is 23.9 Å². The summed E-state index contributed by atoms with van der Waals surface area (Å²) < 4.78 is 26.9. The van der Waals surface area contributed by atoms with Gasteiger partial charge in [0.05, 0.1) is 5.69 Å². The minimum atomic E-state index is -0.926. The average molecular weight is 310 g/mol. The quantitative estimate of drug-likeness (QED) is 0.623. The van der Waals surface area contributed by atoms with Crippen LogP contribution in [0.25, 0.3) is 0 Å². The van der Waals surface area contributed by atoms with Crippen LogP contribution in [0.1, 0.15) is 13.3 Å². The SMILES string of the molecule is CCCNc1cc(Nc2cccc(F)c2F)nc(SC)n1. The van der Waals surface area contributed by atoms with Gasteiger partial charge < -0.3 is 10.6 Å². The van der Waals surface area contributed by atoms with E-state index in [1.807, 2.05) is 13.2 Å². The predicted octanol–water partition coefficient (Wildman–Crippen LogP) is 4.04. The van der Waals surface area contributed by atoms with Gasteiger partial charge in [-0.15, -0.1) is 0 Å². The van der Waals surface area contributed by atoms with Gasteiger partial charge in [-0.1, -0.05) is 24.8 Å². The topological polar surface area (TPSA) is 49.8 Å². The first kappa shape index (κ1) is 15.5. The number of rotatable bonds is 6. The Hall–Kier alpha value is -1.89. The minimum absolute atomic E-state index is 0.0437. The highest BCUT2D eigenvalue weighted by Crippen LogP contribution is 2.23. The van der Waals surface area contributed by atoms with Gasteiger partial charge in [0.25, 0.3) is 0 Å². The van der Waals surface area contributed by atoms with Crippen molar-refractivity contribution in [3.05, 3.63) is 35.9 Å². The molecule has 2 rings (SSSR count). The molecular weight excluding hydrogens is 294 g/mol. The molecule has 0 aliphatic carbocycles. The maximum Gasteiger partial charge on any atom is 0.191 e. The second-order valence-corrected chi connectivity index (χ2v) is 5.05. The summed E-state index contributed by atoms with van der Waals surface area (Å²) in [4.78, 5) is 8.54. The highest BCUT2D eigenvalue weighted by Gasteiger charge is 2.10. The molecule has 0 aliphatic rings. The van der Waals surface area contributed by atoms with Gasteiger partial charge in [0, 0.05) is 12.6 Å². The molecule has 0 spiro atoms. The zero-order valence-electron chi connectivity index (χ0n) is 11.8. The molecule has 0 radical (unpaired) electrons. The van der Waals surface area contributed by atoms with E-state index in [0.29, 0.717) is 16.8 Å². The van der Waals surface area contributed by atoms with Crippen LogP contribution in [0.3, 0.4) is 0 Å². The Labute approximate surface area is 126 Å². The maximum absolute atomic E-state index is 13.7. The molecule has 2 aromatic rings. The first-order valence-corrected chi connectivity index (χ1v) is 7.74. The normalized spacial score (nSPS) is 10.5. The number of benzene rings is 1. The van der Waals surface area contributed by atoms with E-state index in [-0.39, 0.29) is 5.69 Å². The zero-order valence-corrected chi connectivity index (χ0v) is 12.6. The van der Waals surface area contributed by atoms with Crippen molar-refractivity contribution >= 4 is 29.1 Å². The molecule has 1 aromatic carbocycles. The van der Waals surface area contributed by atoms with Gasteiger partial charge in [-0.25, -0.2) is 18.7 Å². The van der Waals surface area contributed by atoms with Gasteiger partial charge in [0.15, 0.2) is 16.8 Å². The number of aromatic nitrogens is 2. The maximum atomic E-state index is 13.7. The molecule has 0 saturated carbocycles. The van der Waals surface area contributed by atoms with E-state index in [4.69, 9.17) is 0 Å². The Balaban J connectivity index is 2.28. The molecule has 1 heterocycles. The summed E-state index contributed by atoms with van der Waals surface area (Å²) in [6.45, 7) is 2.82. The third-order valence-electron chi connectivity index (χ3n) is 2.66. The number of nitrogens with one attached hydrogen (secondary N) is 2. The van der Waals surface area contributed by atoms with Crippen LogP contribution in [0, 0.1) is 11.6 Å². The lowest BCUT2D eigenvalue weighted by Gasteiger charge is -2.11. The first-order valence-electron chi connectivity index (χ1n) is 6.52. The Morgan fingerprint density at radius 3 is 2.67 bits per heavy atom. The van der Waals surface area contributed by atoms with Crippen molar-refractivity contribution in [2.75, 3.05) is 23.4 Å². The van der Waals surface area contributed by atoms with Gasteiger partial charge >= 0.3 is 0 Å². The van der Waals surface area contributed by atoms with Crippen LogP contribution in [-0.2, 0) is 0 Å². The van der Waals surface area contributed by atoms with Gasteiger partial charge in [0.1, 0.15) is 11.6 Å². The van der Waals surface area contributed by atoms with E-state index in [9.17, 15) is 8.78 Å². The molecule has 0 atom stereocenters. The lowest BCUT2D eigenvalue weighted by atomic mass is 10.3. The lowest BCUT2D eigenvalue weighted by molar-refractivity contribution is 0.511. The summed E-state index contributed by atoms with van der Waals surface area (Å²) in [5, 5.41) is 6.49.